The molecule has 0 aliphatic rings. The lowest BCUT2D eigenvalue weighted by molar-refractivity contribution is 0.372. The minimum Gasteiger partial charge on any atom is -0.360 e. The van der Waals surface area contributed by atoms with E-state index in [0.717, 1.165) is 18.0 Å². The number of hydrogen-bond acceptors (Lipinski definition) is 3. The second-order valence-electron chi connectivity index (χ2n) is 2.69. The first-order valence-electron chi connectivity index (χ1n) is 4.17. The van der Waals surface area contributed by atoms with Gasteiger partial charge in [0, 0.05) is 18.5 Å². The fourth-order valence-electron chi connectivity index (χ4n) is 0.925. The van der Waals surface area contributed by atoms with Crippen LogP contribution < -0.4 is 5.32 Å². The van der Waals surface area contributed by atoms with E-state index < -0.39 is 0 Å². The standard InChI is InChI=1S/C9H13ClN2O/c1-8-6-9(13-12-8)7-11-5-3-2-4-10/h2-3,6,11H,4-5,7H2,1H3/b3-2+. The molecule has 3 nitrogen and oxygen atoms in total. The van der Waals surface area contributed by atoms with Crippen LogP contribution >= 0.6 is 11.6 Å². The highest BCUT2D eigenvalue weighted by Crippen LogP contribution is 2.00. The zero-order valence-electron chi connectivity index (χ0n) is 7.59. The van der Waals surface area contributed by atoms with Crippen molar-refractivity contribution in [3.05, 3.63) is 29.7 Å². The summed E-state index contributed by atoms with van der Waals surface area (Å²) in [6, 6.07) is 1.91. The maximum Gasteiger partial charge on any atom is 0.150 e. The van der Waals surface area contributed by atoms with Gasteiger partial charge in [-0.1, -0.05) is 17.3 Å². The molecule has 13 heavy (non-hydrogen) atoms. The average Bonchev–Trinajstić information content (AvgIpc) is 2.51. The maximum atomic E-state index is 5.46. The molecule has 0 amide bonds. The first kappa shape index (κ1) is 10.3. The molecule has 0 bridgehead atoms. The van der Waals surface area contributed by atoms with E-state index in [2.05, 4.69) is 10.5 Å². The summed E-state index contributed by atoms with van der Waals surface area (Å²) in [7, 11) is 0. The molecule has 0 radical (unpaired) electrons. The van der Waals surface area contributed by atoms with Crippen LogP contribution in [0.3, 0.4) is 0 Å². The van der Waals surface area contributed by atoms with E-state index in [9.17, 15) is 0 Å². The molecule has 0 atom stereocenters. The highest BCUT2D eigenvalue weighted by molar-refractivity contribution is 6.18. The number of halogens is 1. The summed E-state index contributed by atoms with van der Waals surface area (Å²) in [5, 5.41) is 6.95. The van der Waals surface area contributed by atoms with Gasteiger partial charge in [-0.3, -0.25) is 0 Å². The van der Waals surface area contributed by atoms with Crippen molar-refractivity contribution >= 4 is 11.6 Å². The number of alkyl halides is 1. The maximum absolute atomic E-state index is 5.46. The van der Waals surface area contributed by atoms with Crippen molar-refractivity contribution in [1.82, 2.24) is 10.5 Å². The summed E-state index contributed by atoms with van der Waals surface area (Å²) in [5.41, 5.74) is 0.910. The summed E-state index contributed by atoms with van der Waals surface area (Å²) in [6.45, 7) is 3.40. The molecular weight excluding hydrogens is 188 g/mol. The van der Waals surface area contributed by atoms with Gasteiger partial charge in [-0.25, -0.2) is 0 Å². The number of nitrogens with one attached hydrogen (secondary N) is 1. The Morgan fingerprint density at radius 3 is 3.08 bits per heavy atom. The Balaban J connectivity index is 2.16. The van der Waals surface area contributed by atoms with Crippen molar-refractivity contribution in [2.24, 2.45) is 0 Å². The van der Waals surface area contributed by atoms with Gasteiger partial charge in [-0.15, -0.1) is 11.6 Å². The Morgan fingerprint density at radius 2 is 2.46 bits per heavy atom. The number of allylic oxidation sites excluding steroid dienone is 1. The molecule has 0 aliphatic heterocycles. The van der Waals surface area contributed by atoms with Gasteiger partial charge in [0.15, 0.2) is 5.76 Å². The number of aromatic nitrogens is 1. The van der Waals surface area contributed by atoms with Crippen LogP contribution in [0.15, 0.2) is 22.7 Å². The van der Waals surface area contributed by atoms with Crippen molar-refractivity contribution in [3.8, 4) is 0 Å². The molecule has 1 aromatic heterocycles. The van der Waals surface area contributed by atoms with Gasteiger partial charge in [0.2, 0.25) is 0 Å². The van der Waals surface area contributed by atoms with Gasteiger partial charge in [0.05, 0.1) is 12.2 Å². The quantitative estimate of drug-likeness (QED) is 0.448. The first-order valence-corrected chi connectivity index (χ1v) is 4.70. The molecule has 0 fully saturated rings. The van der Waals surface area contributed by atoms with E-state index in [1.807, 2.05) is 25.1 Å². The SMILES string of the molecule is Cc1cc(CNC/C=C/CCl)on1. The summed E-state index contributed by atoms with van der Waals surface area (Å²) >= 11 is 5.46. The van der Waals surface area contributed by atoms with Crippen LogP contribution in [-0.2, 0) is 6.54 Å². The van der Waals surface area contributed by atoms with Crippen LogP contribution in [0, 0.1) is 6.92 Å². The number of aryl methyl sites for hydroxylation is 1. The molecule has 1 N–H and O–H groups in total. The highest BCUT2D eigenvalue weighted by Gasteiger charge is 1.97. The number of rotatable bonds is 5. The predicted molar refractivity (Wildman–Crippen MR) is 52.8 cm³/mol. The summed E-state index contributed by atoms with van der Waals surface area (Å²) in [6.07, 6.45) is 3.89. The van der Waals surface area contributed by atoms with E-state index in [4.69, 9.17) is 16.1 Å². The second kappa shape index (κ2) is 5.78. The molecule has 4 heteroatoms. The normalized spacial score (nSPS) is 11.2. The molecule has 0 aromatic carbocycles. The average molecular weight is 201 g/mol. The van der Waals surface area contributed by atoms with E-state index in [0.29, 0.717) is 12.4 Å². The van der Waals surface area contributed by atoms with Crippen molar-refractivity contribution in [2.75, 3.05) is 12.4 Å². The zero-order valence-corrected chi connectivity index (χ0v) is 8.34. The minimum atomic E-state index is 0.559. The summed E-state index contributed by atoms with van der Waals surface area (Å²) in [4.78, 5) is 0. The third-order valence-corrected chi connectivity index (χ3v) is 1.67. The molecule has 72 valence electrons. The van der Waals surface area contributed by atoms with Gasteiger partial charge in [0.1, 0.15) is 0 Å². The van der Waals surface area contributed by atoms with Crippen molar-refractivity contribution in [2.45, 2.75) is 13.5 Å². The van der Waals surface area contributed by atoms with Crippen LogP contribution in [0.2, 0.25) is 0 Å². The third-order valence-electron chi connectivity index (χ3n) is 1.49. The van der Waals surface area contributed by atoms with Crippen molar-refractivity contribution in [1.29, 1.82) is 0 Å². The Hall–Kier alpha value is -0.800. The van der Waals surface area contributed by atoms with E-state index in [1.165, 1.54) is 0 Å². The van der Waals surface area contributed by atoms with Gasteiger partial charge in [-0.05, 0) is 6.92 Å². The lowest BCUT2D eigenvalue weighted by atomic mass is 10.4. The van der Waals surface area contributed by atoms with Gasteiger partial charge < -0.3 is 9.84 Å². The zero-order chi connectivity index (χ0) is 9.52. The largest absolute Gasteiger partial charge is 0.360 e. The summed E-state index contributed by atoms with van der Waals surface area (Å²) < 4.78 is 5.01. The van der Waals surface area contributed by atoms with E-state index in [1.54, 1.807) is 0 Å². The molecule has 1 heterocycles. The molecule has 0 aliphatic carbocycles. The van der Waals surface area contributed by atoms with Gasteiger partial charge in [0.25, 0.3) is 0 Å². The molecule has 1 aromatic rings. The Labute approximate surface area is 82.7 Å². The Kier molecular flexibility index (Phi) is 4.57. The monoisotopic (exact) mass is 200 g/mol. The van der Waals surface area contributed by atoms with Crippen LogP contribution in [0.25, 0.3) is 0 Å². The molecule has 0 unspecified atom stereocenters. The number of nitrogens with zero attached hydrogens (tertiary/aromatic N) is 1. The smallest absolute Gasteiger partial charge is 0.150 e. The predicted octanol–water partition coefficient (Wildman–Crippen LogP) is 1.87. The topological polar surface area (TPSA) is 38.1 Å². The van der Waals surface area contributed by atoms with E-state index >= 15 is 0 Å². The molecule has 1 rings (SSSR count). The van der Waals surface area contributed by atoms with Crippen LogP contribution in [0.5, 0.6) is 0 Å². The first-order chi connectivity index (χ1) is 6.33. The second-order valence-corrected chi connectivity index (χ2v) is 3.00. The van der Waals surface area contributed by atoms with Crippen molar-refractivity contribution in [3.63, 3.8) is 0 Å². The van der Waals surface area contributed by atoms with Crippen molar-refractivity contribution < 1.29 is 4.52 Å². The lowest BCUT2D eigenvalue weighted by Crippen LogP contribution is -2.12. The molecule has 0 saturated carbocycles. The van der Waals surface area contributed by atoms with Crippen LogP contribution in [-0.4, -0.2) is 17.6 Å². The Morgan fingerprint density at radius 1 is 1.62 bits per heavy atom. The summed E-state index contributed by atoms with van der Waals surface area (Å²) in [5.74, 6) is 1.42. The number of hydrogen-bond donors (Lipinski definition) is 1. The fraction of sp³-hybridized carbons (Fsp3) is 0.444. The molecular formula is C9H13ClN2O. The molecule has 0 saturated heterocycles. The lowest BCUT2D eigenvalue weighted by Gasteiger charge is -1.95. The Bertz CT molecular complexity index is 270. The van der Waals surface area contributed by atoms with E-state index in [-0.39, 0.29) is 0 Å². The van der Waals surface area contributed by atoms with Crippen LogP contribution in [0.4, 0.5) is 0 Å². The van der Waals surface area contributed by atoms with Crippen LogP contribution in [0.1, 0.15) is 11.5 Å². The molecule has 0 spiro atoms. The third kappa shape index (κ3) is 4.10. The fourth-order valence-corrected chi connectivity index (χ4v) is 1.05. The highest BCUT2D eigenvalue weighted by atomic mass is 35.5. The van der Waals surface area contributed by atoms with Gasteiger partial charge >= 0.3 is 0 Å². The van der Waals surface area contributed by atoms with Gasteiger partial charge in [-0.2, -0.15) is 0 Å². The minimum absolute atomic E-state index is 0.559.